The maximum atomic E-state index is 10.9. The number of carbonyl (C=O) groups is 1. The minimum absolute atomic E-state index is 0. The lowest BCUT2D eigenvalue weighted by Crippen LogP contribution is -2.59. The van der Waals surface area contributed by atoms with Crippen LogP contribution in [0.25, 0.3) is 0 Å². The third-order valence-electron chi connectivity index (χ3n) is 2.82. The van der Waals surface area contributed by atoms with Gasteiger partial charge >= 0.3 is 0 Å². The smallest absolute Gasteiger partial charge is 0.207 e. The fraction of sp³-hybridized carbons (Fsp3) is 0.875. The number of nitrogens with two attached hydrogens (primary N) is 1. The molecule has 0 aromatic carbocycles. The lowest BCUT2D eigenvalue weighted by atomic mass is 9.83. The lowest BCUT2D eigenvalue weighted by molar-refractivity contribution is -0.115. The Bertz CT molecular complexity index is 191. The van der Waals surface area contributed by atoms with Crippen LogP contribution in [0.5, 0.6) is 0 Å². The first-order valence-electron chi connectivity index (χ1n) is 4.23. The van der Waals surface area contributed by atoms with E-state index in [1.807, 2.05) is 0 Å². The molecule has 2 aliphatic rings. The van der Waals surface area contributed by atoms with Crippen molar-refractivity contribution in [3.8, 4) is 0 Å². The highest BCUT2D eigenvalue weighted by Crippen LogP contribution is 2.50. The van der Waals surface area contributed by atoms with E-state index in [1.165, 1.54) is 31.0 Å². The molecule has 0 aromatic heterocycles. The van der Waals surface area contributed by atoms with Gasteiger partial charge in [0, 0.05) is 4.75 Å². The Morgan fingerprint density at radius 2 is 1.92 bits per heavy atom. The summed E-state index contributed by atoms with van der Waals surface area (Å²) in [6.45, 7) is 0. The molecular weight excluding hydrogens is 194 g/mol. The Kier molecular flexibility index (Phi) is 3.07. The molecule has 0 radical (unpaired) electrons. The highest BCUT2D eigenvalue weighted by Gasteiger charge is 2.52. The molecule has 1 saturated carbocycles. The fourth-order valence-corrected chi connectivity index (χ4v) is 3.34. The van der Waals surface area contributed by atoms with Crippen LogP contribution < -0.4 is 5.73 Å². The van der Waals surface area contributed by atoms with Crippen molar-refractivity contribution in [2.24, 2.45) is 5.73 Å². The van der Waals surface area contributed by atoms with E-state index in [0.29, 0.717) is 0 Å². The van der Waals surface area contributed by atoms with Gasteiger partial charge in [-0.1, -0.05) is 31.0 Å². The van der Waals surface area contributed by atoms with Crippen LogP contribution in [-0.2, 0) is 4.79 Å². The predicted octanol–water partition coefficient (Wildman–Crippen LogP) is 1.71. The Labute approximate surface area is 83.1 Å². The monoisotopic (exact) mass is 207 g/mol. The summed E-state index contributed by atoms with van der Waals surface area (Å²) in [4.78, 5) is 10.9. The van der Waals surface area contributed by atoms with Gasteiger partial charge in [-0.3, -0.25) is 4.79 Å². The normalized spacial score (nSPS) is 32.4. The summed E-state index contributed by atoms with van der Waals surface area (Å²) in [6.07, 6.45) is 6.15. The Hall–Kier alpha value is 0.270. The minimum Gasteiger partial charge on any atom is -0.320 e. The molecule has 0 bridgehead atoms. The largest absolute Gasteiger partial charge is 0.320 e. The molecule has 1 unspecified atom stereocenters. The van der Waals surface area contributed by atoms with E-state index in [9.17, 15) is 4.79 Å². The van der Waals surface area contributed by atoms with Gasteiger partial charge in [0.25, 0.3) is 0 Å². The maximum absolute atomic E-state index is 10.9. The SMILES string of the molecule is Cl.NC1C(=O)SC12CCCCC2. The van der Waals surface area contributed by atoms with Crippen LogP contribution in [-0.4, -0.2) is 15.9 Å². The second kappa shape index (κ2) is 3.56. The van der Waals surface area contributed by atoms with E-state index in [0.717, 1.165) is 12.8 Å². The summed E-state index contributed by atoms with van der Waals surface area (Å²) in [5, 5.41) is 0.201. The number of hydrogen-bond acceptors (Lipinski definition) is 3. The number of thioether (sulfide) groups is 1. The molecule has 1 aliphatic carbocycles. The van der Waals surface area contributed by atoms with Crippen molar-refractivity contribution < 1.29 is 4.79 Å². The van der Waals surface area contributed by atoms with Gasteiger partial charge in [-0.2, -0.15) is 0 Å². The van der Waals surface area contributed by atoms with Crippen molar-refractivity contribution in [3.63, 3.8) is 0 Å². The first-order chi connectivity index (χ1) is 5.25. The molecule has 2 nitrogen and oxygen atoms in total. The highest BCUT2D eigenvalue weighted by atomic mass is 35.5. The summed E-state index contributed by atoms with van der Waals surface area (Å²) < 4.78 is 0.176. The first-order valence-corrected chi connectivity index (χ1v) is 5.05. The zero-order chi connectivity index (χ0) is 7.90. The molecule has 70 valence electrons. The minimum atomic E-state index is -0.146. The average molecular weight is 208 g/mol. The molecule has 1 spiro atoms. The van der Waals surface area contributed by atoms with E-state index in [4.69, 9.17) is 5.73 Å². The van der Waals surface area contributed by atoms with Gasteiger partial charge in [-0.25, -0.2) is 0 Å². The van der Waals surface area contributed by atoms with Crippen LogP contribution in [0, 0.1) is 0 Å². The van der Waals surface area contributed by atoms with E-state index in [-0.39, 0.29) is 28.3 Å². The summed E-state index contributed by atoms with van der Waals surface area (Å²) >= 11 is 1.50. The van der Waals surface area contributed by atoms with Crippen LogP contribution in [0.1, 0.15) is 32.1 Å². The number of hydrogen-bond donors (Lipinski definition) is 1. The van der Waals surface area contributed by atoms with Gasteiger partial charge in [-0.15, -0.1) is 12.4 Å². The van der Waals surface area contributed by atoms with Crippen molar-refractivity contribution >= 4 is 29.3 Å². The molecule has 1 heterocycles. The number of halogens is 1. The van der Waals surface area contributed by atoms with Crippen molar-refractivity contribution in [1.82, 2.24) is 0 Å². The third kappa shape index (κ3) is 1.38. The molecule has 1 aliphatic heterocycles. The van der Waals surface area contributed by atoms with E-state index in [2.05, 4.69) is 0 Å². The summed E-state index contributed by atoms with van der Waals surface area (Å²) in [5.74, 6) is 0. The maximum Gasteiger partial charge on any atom is 0.207 e. The molecule has 2 N–H and O–H groups in total. The molecule has 0 aromatic rings. The molecule has 0 amide bonds. The second-order valence-electron chi connectivity index (χ2n) is 3.52. The van der Waals surface area contributed by atoms with Crippen molar-refractivity contribution in [3.05, 3.63) is 0 Å². The summed E-state index contributed by atoms with van der Waals surface area (Å²) in [5.41, 5.74) is 5.76. The van der Waals surface area contributed by atoms with Crippen molar-refractivity contribution in [2.45, 2.75) is 42.9 Å². The van der Waals surface area contributed by atoms with Gasteiger partial charge in [0.1, 0.15) is 0 Å². The lowest BCUT2D eigenvalue weighted by Gasteiger charge is -2.47. The average Bonchev–Trinajstić information content (AvgIpc) is 2.06. The van der Waals surface area contributed by atoms with Crippen LogP contribution in [0.4, 0.5) is 0 Å². The van der Waals surface area contributed by atoms with Gasteiger partial charge < -0.3 is 5.73 Å². The third-order valence-corrected chi connectivity index (χ3v) is 4.35. The fourth-order valence-electron chi connectivity index (χ4n) is 2.05. The predicted molar refractivity (Wildman–Crippen MR) is 53.6 cm³/mol. The number of carbonyl (C=O) groups excluding carboxylic acids is 1. The summed E-state index contributed by atoms with van der Waals surface area (Å²) in [7, 11) is 0. The molecule has 12 heavy (non-hydrogen) atoms. The molecular formula is C8H14ClNOS. The zero-order valence-electron chi connectivity index (χ0n) is 6.91. The van der Waals surface area contributed by atoms with E-state index in [1.54, 1.807) is 0 Å². The van der Waals surface area contributed by atoms with Crippen LogP contribution in [0.3, 0.4) is 0 Å². The van der Waals surface area contributed by atoms with E-state index >= 15 is 0 Å². The Balaban J connectivity index is 0.000000720. The standard InChI is InChI=1S/C8H13NOS.ClH/c9-6-7(10)11-8(6)4-2-1-3-5-8;/h6H,1-5,9H2;1H. The van der Waals surface area contributed by atoms with Gasteiger partial charge in [0.05, 0.1) is 6.04 Å². The van der Waals surface area contributed by atoms with E-state index < -0.39 is 0 Å². The van der Waals surface area contributed by atoms with Crippen LogP contribution >= 0.6 is 24.2 Å². The Morgan fingerprint density at radius 3 is 2.33 bits per heavy atom. The van der Waals surface area contributed by atoms with Gasteiger partial charge in [0.2, 0.25) is 5.12 Å². The second-order valence-corrected chi connectivity index (χ2v) is 4.94. The van der Waals surface area contributed by atoms with Crippen molar-refractivity contribution in [2.75, 3.05) is 0 Å². The Morgan fingerprint density at radius 1 is 1.33 bits per heavy atom. The summed E-state index contributed by atoms with van der Waals surface area (Å²) in [6, 6.07) is -0.146. The van der Waals surface area contributed by atoms with Crippen LogP contribution in [0.15, 0.2) is 0 Å². The quantitative estimate of drug-likeness (QED) is 0.658. The highest BCUT2D eigenvalue weighted by molar-refractivity contribution is 8.17. The number of rotatable bonds is 0. The molecule has 1 saturated heterocycles. The van der Waals surface area contributed by atoms with Gasteiger partial charge in [-0.05, 0) is 12.8 Å². The van der Waals surface area contributed by atoms with Crippen LogP contribution in [0.2, 0.25) is 0 Å². The molecule has 4 heteroatoms. The molecule has 2 rings (SSSR count). The topological polar surface area (TPSA) is 43.1 Å². The van der Waals surface area contributed by atoms with Crippen molar-refractivity contribution in [1.29, 1.82) is 0 Å². The molecule has 1 atom stereocenters. The van der Waals surface area contributed by atoms with Gasteiger partial charge in [0.15, 0.2) is 0 Å². The first kappa shape index (κ1) is 10.4. The molecule has 2 fully saturated rings. The zero-order valence-corrected chi connectivity index (χ0v) is 8.55.